The van der Waals surface area contributed by atoms with Gasteiger partial charge in [0.25, 0.3) is 0 Å². The second kappa shape index (κ2) is 10.8. The average Bonchev–Trinajstić information content (AvgIpc) is 2.73. The molecule has 0 fully saturated rings. The van der Waals surface area contributed by atoms with Crippen molar-refractivity contribution in [1.82, 2.24) is 0 Å². The fraction of sp³-hybridized carbons (Fsp3) is 0.462. The maximum atomic E-state index is 12.3. The van der Waals surface area contributed by atoms with Crippen LogP contribution in [0.15, 0.2) is 36.4 Å². The third-order valence-electron chi connectivity index (χ3n) is 5.18. The highest BCUT2D eigenvalue weighted by molar-refractivity contribution is 5.96. The van der Waals surface area contributed by atoms with Gasteiger partial charge in [0.1, 0.15) is 11.8 Å². The molecule has 2 aromatic rings. The summed E-state index contributed by atoms with van der Waals surface area (Å²) in [5.41, 5.74) is 4.90. The van der Waals surface area contributed by atoms with E-state index in [4.69, 9.17) is 4.74 Å². The Kier molecular flexibility index (Phi) is 8.46. The Labute approximate surface area is 175 Å². The monoisotopic (exact) mass is 391 g/mol. The fourth-order valence-electron chi connectivity index (χ4n) is 3.52. The molecule has 3 nitrogen and oxygen atoms in total. The van der Waals surface area contributed by atoms with Crippen LogP contribution in [0.2, 0.25) is 0 Å². The van der Waals surface area contributed by atoms with Gasteiger partial charge in [-0.05, 0) is 47.6 Å². The molecule has 2 aromatic carbocycles. The smallest absolute Gasteiger partial charge is 0.209 e. The van der Waals surface area contributed by atoms with Gasteiger partial charge in [0.15, 0.2) is 5.78 Å². The molecule has 0 saturated heterocycles. The van der Waals surface area contributed by atoms with E-state index in [1.54, 1.807) is 0 Å². The van der Waals surface area contributed by atoms with Crippen LogP contribution in [0.4, 0.5) is 0 Å². The van der Waals surface area contributed by atoms with Gasteiger partial charge in [-0.1, -0.05) is 71.7 Å². The van der Waals surface area contributed by atoms with Crippen molar-refractivity contribution in [2.75, 3.05) is 0 Å². The molecule has 0 aromatic heterocycles. The number of nitriles is 1. The summed E-state index contributed by atoms with van der Waals surface area (Å²) in [5.74, 6) is 1.37. The number of Topliss-reactive ketones (excluding diaryl/α,β-unsaturated/α-hetero) is 1. The molecular weight excluding hydrogens is 358 g/mol. The van der Waals surface area contributed by atoms with Crippen LogP contribution in [-0.4, -0.2) is 5.78 Å². The van der Waals surface area contributed by atoms with Crippen molar-refractivity contribution in [2.24, 2.45) is 0 Å². The van der Waals surface area contributed by atoms with Gasteiger partial charge in [0.05, 0.1) is 0 Å². The maximum Gasteiger partial charge on any atom is 0.209 e. The van der Waals surface area contributed by atoms with E-state index in [0.717, 1.165) is 53.7 Å². The summed E-state index contributed by atoms with van der Waals surface area (Å²) in [7, 11) is 0. The molecular formula is C26H33NO2. The van der Waals surface area contributed by atoms with E-state index in [0.29, 0.717) is 12.3 Å². The van der Waals surface area contributed by atoms with E-state index >= 15 is 0 Å². The van der Waals surface area contributed by atoms with Crippen LogP contribution in [0.1, 0.15) is 98.5 Å². The number of carbonyl (C=O) groups excluding carboxylic acids is 1. The van der Waals surface area contributed by atoms with Gasteiger partial charge in [-0.2, -0.15) is 5.26 Å². The number of carbonyl (C=O) groups is 1. The molecule has 0 bridgehead atoms. The fourth-order valence-corrected chi connectivity index (χ4v) is 3.52. The van der Waals surface area contributed by atoms with Crippen LogP contribution in [0.25, 0.3) is 0 Å². The molecule has 29 heavy (non-hydrogen) atoms. The molecule has 0 amide bonds. The van der Waals surface area contributed by atoms with Gasteiger partial charge in [0.2, 0.25) is 6.10 Å². The second-order valence-electron chi connectivity index (χ2n) is 7.85. The number of ether oxygens (including phenoxy) is 1. The van der Waals surface area contributed by atoms with E-state index in [2.05, 4.69) is 45.9 Å². The maximum absolute atomic E-state index is 12.3. The lowest BCUT2D eigenvalue weighted by atomic mass is 9.95. The Morgan fingerprint density at radius 2 is 1.48 bits per heavy atom. The van der Waals surface area contributed by atoms with Gasteiger partial charge in [-0.25, -0.2) is 0 Å². The molecule has 0 aliphatic rings. The molecule has 0 N–H and O–H groups in total. The van der Waals surface area contributed by atoms with Crippen molar-refractivity contribution >= 4 is 5.78 Å². The first kappa shape index (κ1) is 22.7. The average molecular weight is 392 g/mol. The predicted octanol–water partition coefficient (Wildman–Crippen LogP) is 6.95. The van der Waals surface area contributed by atoms with Gasteiger partial charge in [-0.3, -0.25) is 4.79 Å². The Morgan fingerprint density at radius 1 is 0.966 bits per heavy atom. The van der Waals surface area contributed by atoms with Crippen molar-refractivity contribution in [1.29, 1.82) is 5.26 Å². The highest BCUT2D eigenvalue weighted by atomic mass is 16.5. The molecule has 0 saturated carbocycles. The van der Waals surface area contributed by atoms with Crippen LogP contribution in [0.5, 0.6) is 5.75 Å². The molecule has 0 heterocycles. The SMILES string of the molecule is CCCc1cc(C(=O)CC)cc(CCC)c1OC(C#N)c1ccc(C(C)C)cc1. The lowest BCUT2D eigenvalue weighted by Gasteiger charge is -2.21. The Hall–Kier alpha value is -2.60. The normalized spacial score (nSPS) is 11.9. The first-order valence-corrected chi connectivity index (χ1v) is 10.8. The van der Waals surface area contributed by atoms with Crippen molar-refractivity contribution < 1.29 is 9.53 Å². The first-order chi connectivity index (χ1) is 13.9. The summed E-state index contributed by atoms with van der Waals surface area (Å²) in [5, 5.41) is 9.81. The Morgan fingerprint density at radius 3 is 1.90 bits per heavy atom. The second-order valence-corrected chi connectivity index (χ2v) is 7.85. The summed E-state index contributed by atoms with van der Waals surface area (Å²) in [6, 6.07) is 14.3. The third-order valence-corrected chi connectivity index (χ3v) is 5.18. The number of aryl methyl sites for hydroxylation is 2. The van der Waals surface area contributed by atoms with E-state index in [9.17, 15) is 10.1 Å². The van der Waals surface area contributed by atoms with E-state index in [1.165, 1.54) is 5.56 Å². The summed E-state index contributed by atoms with van der Waals surface area (Å²) >= 11 is 0. The Bertz CT molecular complexity index is 832. The highest BCUT2D eigenvalue weighted by Gasteiger charge is 2.20. The molecule has 3 heteroatoms. The standard InChI is InChI=1S/C26H33NO2/c1-6-9-21-15-23(24(28)8-3)16-22(10-7-2)26(21)29-25(17-27)20-13-11-19(12-14-20)18(4)5/h11-16,18,25H,6-10H2,1-5H3. The van der Waals surface area contributed by atoms with Gasteiger partial charge >= 0.3 is 0 Å². The van der Waals surface area contributed by atoms with Crippen LogP contribution < -0.4 is 4.74 Å². The number of benzene rings is 2. The molecule has 2 rings (SSSR count). The first-order valence-electron chi connectivity index (χ1n) is 10.8. The number of rotatable bonds is 10. The zero-order valence-electron chi connectivity index (χ0n) is 18.4. The topological polar surface area (TPSA) is 50.1 Å². The van der Waals surface area contributed by atoms with Crippen molar-refractivity contribution in [3.05, 3.63) is 64.2 Å². The zero-order chi connectivity index (χ0) is 21.4. The summed E-state index contributed by atoms with van der Waals surface area (Å²) in [6.07, 6.45) is 3.36. The van der Waals surface area contributed by atoms with Crippen LogP contribution in [0.3, 0.4) is 0 Å². The van der Waals surface area contributed by atoms with Crippen LogP contribution >= 0.6 is 0 Å². The molecule has 0 aliphatic carbocycles. The summed E-state index contributed by atoms with van der Waals surface area (Å²) in [4.78, 5) is 12.3. The number of hydrogen-bond donors (Lipinski definition) is 0. The van der Waals surface area contributed by atoms with E-state index < -0.39 is 6.10 Å². The van der Waals surface area contributed by atoms with Crippen LogP contribution in [0, 0.1) is 11.3 Å². The van der Waals surface area contributed by atoms with Gasteiger partial charge in [-0.15, -0.1) is 0 Å². The Balaban J connectivity index is 2.46. The van der Waals surface area contributed by atoms with E-state index in [-0.39, 0.29) is 5.78 Å². The highest BCUT2D eigenvalue weighted by Crippen LogP contribution is 2.33. The molecule has 1 atom stereocenters. The van der Waals surface area contributed by atoms with Crippen molar-refractivity contribution in [3.8, 4) is 11.8 Å². The van der Waals surface area contributed by atoms with E-state index in [1.807, 2.05) is 31.2 Å². The number of nitrogens with zero attached hydrogens (tertiary/aromatic N) is 1. The lowest BCUT2D eigenvalue weighted by Crippen LogP contribution is -2.11. The number of ketones is 1. The third kappa shape index (κ3) is 5.70. The minimum Gasteiger partial charge on any atom is -0.470 e. The lowest BCUT2D eigenvalue weighted by molar-refractivity contribution is 0.0988. The minimum absolute atomic E-state index is 0.146. The largest absolute Gasteiger partial charge is 0.470 e. The quantitative estimate of drug-likeness (QED) is 0.412. The van der Waals surface area contributed by atoms with Crippen molar-refractivity contribution in [2.45, 2.75) is 78.7 Å². The summed E-state index contributed by atoms with van der Waals surface area (Å²) < 4.78 is 6.31. The minimum atomic E-state index is -0.671. The summed E-state index contributed by atoms with van der Waals surface area (Å²) in [6.45, 7) is 10.4. The molecule has 154 valence electrons. The molecule has 0 spiro atoms. The molecule has 0 aliphatic heterocycles. The zero-order valence-corrected chi connectivity index (χ0v) is 18.4. The van der Waals surface area contributed by atoms with Gasteiger partial charge in [0, 0.05) is 17.5 Å². The number of hydrogen-bond acceptors (Lipinski definition) is 3. The van der Waals surface area contributed by atoms with Crippen molar-refractivity contribution in [3.63, 3.8) is 0 Å². The molecule has 1 unspecified atom stereocenters. The van der Waals surface area contributed by atoms with Crippen LogP contribution in [-0.2, 0) is 12.8 Å². The molecule has 0 radical (unpaired) electrons. The van der Waals surface area contributed by atoms with Gasteiger partial charge < -0.3 is 4.74 Å². The predicted molar refractivity (Wildman–Crippen MR) is 119 cm³/mol.